The van der Waals surface area contributed by atoms with E-state index in [0.717, 1.165) is 16.6 Å². The van der Waals surface area contributed by atoms with E-state index in [9.17, 15) is 4.79 Å². The van der Waals surface area contributed by atoms with Crippen LogP contribution in [0.3, 0.4) is 0 Å². The van der Waals surface area contributed by atoms with E-state index in [-0.39, 0.29) is 11.8 Å². The van der Waals surface area contributed by atoms with Gasteiger partial charge in [0.1, 0.15) is 0 Å². The smallest absolute Gasteiger partial charge is 0.228 e. The molecule has 0 aliphatic heterocycles. The molecule has 2 aromatic carbocycles. The third-order valence-electron chi connectivity index (χ3n) is 4.27. The summed E-state index contributed by atoms with van der Waals surface area (Å²) in [5.41, 5.74) is 3.39. The molecule has 2 atom stereocenters. The standard InChI is InChI=1S/C19H20BrNO/c1-12(2)15-5-3-4-6-18(15)21-19(22)17-11-16(17)13-7-9-14(20)10-8-13/h3-10,12,16-17H,11H2,1-2H3,(H,21,22). The Morgan fingerprint density at radius 3 is 2.50 bits per heavy atom. The van der Waals surface area contributed by atoms with Crippen LogP contribution in [-0.2, 0) is 4.79 Å². The summed E-state index contributed by atoms with van der Waals surface area (Å²) in [4.78, 5) is 12.5. The number of carbonyl (C=O) groups is 1. The van der Waals surface area contributed by atoms with Gasteiger partial charge in [0.2, 0.25) is 5.91 Å². The van der Waals surface area contributed by atoms with Crippen molar-refractivity contribution >= 4 is 27.5 Å². The van der Waals surface area contributed by atoms with E-state index in [2.05, 4.69) is 53.3 Å². The van der Waals surface area contributed by atoms with Gasteiger partial charge in [0.05, 0.1) is 0 Å². The molecule has 0 heterocycles. The molecule has 0 spiro atoms. The number of para-hydroxylation sites is 1. The number of anilines is 1. The molecule has 1 saturated carbocycles. The lowest BCUT2D eigenvalue weighted by Gasteiger charge is -2.13. The first-order valence-corrected chi connectivity index (χ1v) is 8.51. The quantitative estimate of drug-likeness (QED) is 0.788. The van der Waals surface area contributed by atoms with Crippen LogP contribution in [0.25, 0.3) is 0 Å². The van der Waals surface area contributed by atoms with Crippen LogP contribution < -0.4 is 5.32 Å². The van der Waals surface area contributed by atoms with E-state index in [4.69, 9.17) is 0 Å². The van der Waals surface area contributed by atoms with Crippen LogP contribution in [0.15, 0.2) is 53.0 Å². The number of carbonyl (C=O) groups excluding carboxylic acids is 1. The van der Waals surface area contributed by atoms with Crippen LogP contribution in [0.1, 0.15) is 43.2 Å². The van der Waals surface area contributed by atoms with Crippen LogP contribution in [0.2, 0.25) is 0 Å². The van der Waals surface area contributed by atoms with E-state index in [1.165, 1.54) is 11.1 Å². The third kappa shape index (κ3) is 3.25. The van der Waals surface area contributed by atoms with Gasteiger partial charge in [-0.3, -0.25) is 4.79 Å². The summed E-state index contributed by atoms with van der Waals surface area (Å²) < 4.78 is 1.07. The van der Waals surface area contributed by atoms with Crippen LogP contribution in [0.4, 0.5) is 5.69 Å². The highest BCUT2D eigenvalue weighted by Gasteiger charge is 2.43. The Labute approximate surface area is 140 Å². The topological polar surface area (TPSA) is 29.1 Å². The van der Waals surface area contributed by atoms with E-state index < -0.39 is 0 Å². The first kappa shape index (κ1) is 15.3. The van der Waals surface area contributed by atoms with Gasteiger partial charge in [-0.05, 0) is 47.6 Å². The predicted molar refractivity (Wildman–Crippen MR) is 94.2 cm³/mol. The van der Waals surface area contributed by atoms with Gasteiger partial charge in [0.25, 0.3) is 0 Å². The van der Waals surface area contributed by atoms with Crippen molar-refractivity contribution in [3.8, 4) is 0 Å². The fourth-order valence-corrected chi connectivity index (χ4v) is 3.17. The van der Waals surface area contributed by atoms with Crippen molar-refractivity contribution in [3.63, 3.8) is 0 Å². The summed E-state index contributed by atoms with van der Waals surface area (Å²) in [6, 6.07) is 16.3. The molecule has 0 saturated heterocycles. The minimum Gasteiger partial charge on any atom is -0.326 e. The third-order valence-corrected chi connectivity index (χ3v) is 4.79. The van der Waals surface area contributed by atoms with Gasteiger partial charge >= 0.3 is 0 Å². The molecule has 2 aromatic rings. The summed E-state index contributed by atoms with van der Waals surface area (Å²) in [5.74, 6) is 1.000. The highest BCUT2D eigenvalue weighted by atomic mass is 79.9. The average molecular weight is 358 g/mol. The molecular formula is C19H20BrNO. The molecule has 0 aromatic heterocycles. The lowest BCUT2D eigenvalue weighted by molar-refractivity contribution is -0.117. The van der Waals surface area contributed by atoms with Gasteiger partial charge in [0, 0.05) is 16.1 Å². The van der Waals surface area contributed by atoms with Crippen molar-refractivity contribution in [1.29, 1.82) is 0 Å². The summed E-state index contributed by atoms with van der Waals surface area (Å²) >= 11 is 3.45. The summed E-state index contributed by atoms with van der Waals surface area (Å²) in [5, 5.41) is 3.12. The molecule has 1 aliphatic rings. The van der Waals surface area contributed by atoms with Crippen molar-refractivity contribution in [2.45, 2.75) is 32.1 Å². The Balaban J connectivity index is 1.68. The van der Waals surface area contributed by atoms with E-state index in [1.54, 1.807) is 0 Å². The largest absolute Gasteiger partial charge is 0.326 e. The predicted octanol–water partition coefficient (Wildman–Crippen LogP) is 5.31. The second-order valence-electron chi connectivity index (χ2n) is 6.23. The number of hydrogen-bond donors (Lipinski definition) is 1. The van der Waals surface area contributed by atoms with Crippen molar-refractivity contribution in [2.24, 2.45) is 5.92 Å². The van der Waals surface area contributed by atoms with Gasteiger partial charge in [0.15, 0.2) is 0 Å². The van der Waals surface area contributed by atoms with Crippen LogP contribution in [-0.4, -0.2) is 5.91 Å². The van der Waals surface area contributed by atoms with Crippen LogP contribution in [0.5, 0.6) is 0 Å². The first-order chi connectivity index (χ1) is 10.6. The van der Waals surface area contributed by atoms with Gasteiger partial charge in [-0.25, -0.2) is 0 Å². The molecule has 1 amide bonds. The van der Waals surface area contributed by atoms with Gasteiger partial charge in [-0.2, -0.15) is 0 Å². The lowest BCUT2D eigenvalue weighted by Crippen LogP contribution is -2.16. The first-order valence-electron chi connectivity index (χ1n) is 7.71. The summed E-state index contributed by atoms with van der Waals surface area (Å²) in [6.07, 6.45) is 0.942. The van der Waals surface area contributed by atoms with E-state index in [0.29, 0.717) is 11.8 Å². The Morgan fingerprint density at radius 1 is 1.14 bits per heavy atom. The number of halogens is 1. The maximum Gasteiger partial charge on any atom is 0.228 e. The molecule has 3 rings (SSSR count). The molecule has 0 radical (unpaired) electrons. The van der Waals surface area contributed by atoms with Crippen molar-refractivity contribution < 1.29 is 4.79 Å². The highest BCUT2D eigenvalue weighted by molar-refractivity contribution is 9.10. The van der Waals surface area contributed by atoms with Crippen molar-refractivity contribution in [1.82, 2.24) is 0 Å². The number of hydrogen-bond acceptors (Lipinski definition) is 1. The molecule has 0 bridgehead atoms. The SMILES string of the molecule is CC(C)c1ccccc1NC(=O)C1CC1c1ccc(Br)cc1. The van der Waals surface area contributed by atoms with Gasteiger partial charge in [-0.1, -0.05) is 60.1 Å². The van der Waals surface area contributed by atoms with Crippen molar-refractivity contribution in [3.05, 3.63) is 64.1 Å². The van der Waals surface area contributed by atoms with Crippen molar-refractivity contribution in [2.75, 3.05) is 5.32 Å². The fraction of sp³-hybridized carbons (Fsp3) is 0.316. The molecule has 22 heavy (non-hydrogen) atoms. The second-order valence-corrected chi connectivity index (χ2v) is 7.15. The Bertz CT molecular complexity index is 678. The maximum atomic E-state index is 12.5. The summed E-state index contributed by atoms with van der Waals surface area (Å²) in [6.45, 7) is 4.29. The van der Waals surface area contributed by atoms with Crippen LogP contribution in [0, 0.1) is 5.92 Å². The monoisotopic (exact) mass is 357 g/mol. The zero-order chi connectivity index (χ0) is 15.7. The number of rotatable bonds is 4. The van der Waals surface area contributed by atoms with E-state index in [1.807, 2.05) is 30.3 Å². The van der Waals surface area contributed by atoms with E-state index >= 15 is 0 Å². The lowest BCUT2D eigenvalue weighted by atomic mass is 10.0. The highest BCUT2D eigenvalue weighted by Crippen LogP contribution is 2.48. The molecule has 2 unspecified atom stereocenters. The molecule has 3 heteroatoms. The number of nitrogens with one attached hydrogen (secondary N) is 1. The Morgan fingerprint density at radius 2 is 1.82 bits per heavy atom. The zero-order valence-electron chi connectivity index (χ0n) is 12.8. The molecule has 2 nitrogen and oxygen atoms in total. The second kappa shape index (κ2) is 6.25. The fourth-order valence-electron chi connectivity index (χ4n) is 2.90. The maximum absolute atomic E-state index is 12.5. The normalized spacial score (nSPS) is 20.0. The molecule has 1 aliphatic carbocycles. The van der Waals surface area contributed by atoms with Crippen LogP contribution >= 0.6 is 15.9 Å². The van der Waals surface area contributed by atoms with Gasteiger partial charge in [-0.15, -0.1) is 0 Å². The van der Waals surface area contributed by atoms with Gasteiger partial charge < -0.3 is 5.32 Å². The Kier molecular flexibility index (Phi) is 4.34. The molecule has 1 fully saturated rings. The minimum atomic E-state index is 0.0985. The number of amides is 1. The average Bonchev–Trinajstić information content (AvgIpc) is 3.29. The minimum absolute atomic E-state index is 0.0985. The molecule has 1 N–H and O–H groups in total. The molecular weight excluding hydrogens is 338 g/mol. The number of benzene rings is 2. The Hall–Kier alpha value is -1.61. The zero-order valence-corrected chi connectivity index (χ0v) is 14.4. The summed E-state index contributed by atoms with van der Waals surface area (Å²) in [7, 11) is 0. The molecule has 114 valence electrons.